The third-order valence-corrected chi connectivity index (χ3v) is 2.05. The van der Waals surface area contributed by atoms with Gasteiger partial charge in [-0.25, -0.2) is 0 Å². The van der Waals surface area contributed by atoms with E-state index in [0.29, 0.717) is 11.4 Å². The smallest absolute Gasteiger partial charge is 0.287 e. The minimum atomic E-state index is -0.328. The van der Waals surface area contributed by atoms with Crippen LogP contribution in [0.25, 0.3) is 0 Å². The topological polar surface area (TPSA) is 68.3 Å². The predicted molar refractivity (Wildman–Crippen MR) is 62.0 cm³/mol. The Morgan fingerprint density at radius 1 is 1.73 bits per heavy atom. The third kappa shape index (κ3) is 3.89. The van der Waals surface area contributed by atoms with Crippen LogP contribution in [0.1, 0.15) is 23.9 Å². The van der Waals surface area contributed by atoms with Gasteiger partial charge in [0.1, 0.15) is 0 Å². The summed E-state index contributed by atoms with van der Waals surface area (Å²) in [5.41, 5.74) is 5.35. The number of hydrogen-bond acceptors (Lipinski definition) is 3. The summed E-state index contributed by atoms with van der Waals surface area (Å²) >= 11 is 10.3. The van der Waals surface area contributed by atoms with Gasteiger partial charge in [-0.1, -0.05) is 12.2 Å². The first-order chi connectivity index (χ1) is 6.99. The Morgan fingerprint density at radius 2 is 2.40 bits per heavy atom. The quantitative estimate of drug-likeness (QED) is 0.794. The highest BCUT2D eigenvalue weighted by Crippen LogP contribution is 2.13. The molecule has 0 radical (unpaired) electrons. The summed E-state index contributed by atoms with van der Waals surface area (Å²) in [4.78, 5) is 11.9. The van der Waals surface area contributed by atoms with E-state index in [1.807, 2.05) is 6.92 Å². The lowest BCUT2D eigenvalue weighted by Crippen LogP contribution is -2.35. The highest BCUT2D eigenvalue weighted by atomic mass is 35.5. The molecule has 82 valence electrons. The molecule has 1 amide bonds. The standard InChI is InChI=1S/C9H11ClN2O2S/c1-5(4-8(11)15)12-9(13)6-2-3-7(10)14-6/h2-3,5H,4H2,1H3,(H2,11,15)(H,12,13). The number of nitrogens with two attached hydrogens (primary N) is 1. The lowest BCUT2D eigenvalue weighted by Gasteiger charge is -2.11. The molecule has 3 N–H and O–H groups in total. The van der Waals surface area contributed by atoms with Crippen molar-refractivity contribution in [2.75, 3.05) is 0 Å². The largest absolute Gasteiger partial charge is 0.440 e. The molecule has 0 saturated heterocycles. The van der Waals surface area contributed by atoms with Crippen LogP contribution in [0.2, 0.25) is 5.22 Å². The van der Waals surface area contributed by atoms with Crippen LogP contribution in [0, 0.1) is 0 Å². The van der Waals surface area contributed by atoms with Gasteiger partial charge >= 0.3 is 0 Å². The molecule has 1 aromatic rings. The number of thiocarbonyl (C=S) groups is 1. The molecule has 0 aliphatic heterocycles. The zero-order valence-electron chi connectivity index (χ0n) is 8.12. The molecule has 6 heteroatoms. The van der Waals surface area contributed by atoms with Crippen molar-refractivity contribution in [3.05, 3.63) is 23.1 Å². The van der Waals surface area contributed by atoms with Gasteiger partial charge in [-0.2, -0.15) is 0 Å². The van der Waals surface area contributed by atoms with Crippen LogP contribution in [0.15, 0.2) is 16.5 Å². The van der Waals surface area contributed by atoms with E-state index in [4.69, 9.17) is 34.0 Å². The molecule has 1 heterocycles. The zero-order chi connectivity index (χ0) is 11.4. The van der Waals surface area contributed by atoms with E-state index in [-0.39, 0.29) is 22.9 Å². The molecule has 0 spiro atoms. The van der Waals surface area contributed by atoms with Gasteiger partial charge in [0.25, 0.3) is 5.91 Å². The second-order valence-electron chi connectivity index (χ2n) is 3.15. The maximum atomic E-state index is 11.5. The number of nitrogens with one attached hydrogen (secondary N) is 1. The normalized spacial score (nSPS) is 12.1. The van der Waals surface area contributed by atoms with Crippen molar-refractivity contribution in [2.24, 2.45) is 5.73 Å². The van der Waals surface area contributed by atoms with Crippen LogP contribution < -0.4 is 11.1 Å². The average Bonchev–Trinajstić information content (AvgIpc) is 2.49. The fourth-order valence-electron chi connectivity index (χ4n) is 1.08. The Kier molecular flexibility index (Phi) is 4.11. The molecule has 4 nitrogen and oxygen atoms in total. The molecule has 1 aromatic heterocycles. The third-order valence-electron chi connectivity index (χ3n) is 1.68. The van der Waals surface area contributed by atoms with Gasteiger partial charge < -0.3 is 15.5 Å². The molecule has 0 aliphatic carbocycles. The van der Waals surface area contributed by atoms with E-state index in [1.54, 1.807) is 0 Å². The molecule has 0 bridgehead atoms. The Bertz CT molecular complexity index is 378. The number of amides is 1. The summed E-state index contributed by atoms with van der Waals surface area (Å²) < 4.78 is 4.94. The number of rotatable bonds is 4. The molecule has 1 rings (SSSR count). The predicted octanol–water partition coefficient (Wildman–Crippen LogP) is 1.73. The van der Waals surface area contributed by atoms with Crippen molar-refractivity contribution in [2.45, 2.75) is 19.4 Å². The van der Waals surface area contributed by atoms with Gasteiger partial charge in [-0.05, 0) is 30.7 Å². The monoisotopic (exact) mass is 246 g/mol. The van der Waals surface area contributed by atoms with E-state index in [9.17, 15) is 4.79 Å². The minimum Gasteiger partial charge on any atom is -0.440 e. The number of hydrogen-bond donors (Lipinski definition) is 2. The first-order valence-electron chi connectivity index (χ1n) is 4.33. The number of carbonyl (C=O) groups is 1. The molecule has 1 unspecified atom stereocenters. The Balaban J connectivity index is 2.52. The van der Waals surface area contributed by atoms with E-state index in [1.165, 1.54) is 12.1 Å². The molecule has 15 heavy (non-hydrogen) atoms. The van der Waals surface area contributed by atoms with E-state index in [0.717, 1.165) is 0 Å². The van der Waals surface area contributed by atoms with Crippen molar-refractivity contribution in [3.63, 3.8) is 0 Å². The van der Waals surface area contributed by atoms with Crippen LogP contribution in [0.5, 0.6) is 0 Å². The second kappa shape index (κ2) is 5.14. The van der Waals surface area contributed by atoms with Gasteiger partial charge in [0.05, 0.1) is 4.99 Å². The van der Waals surface area contributed by atoms with Crippen molar-refractivity contribution in [1.82, 2.24) is 5.32 Å². The van der Waals surface area contributed by atoms with Gasteiger partial charge in [-0.3, -0.25) is 4.79 Å². The summed E-state index contributed by atoms with van der Waals surface area (Å²) in [7, 11) is 0. The zero-order valence-corrected chi connectivity index (χ0v) is 9.69. The summed E-state index contributed by atoms with van der Waals surface area (Å²) in [6.45, 7) is 1.81. The first kappa shape index (κ1) is 12.0. The highest BCUT2D eigenvalue weighted by Gasteiger charge is 2.13. The first-order valence-corrected chi connectivity index (χ1v) is 5.12. The fraction of sp³-hybridized carbons (Fsp3) is 0.333. The van der Waals surface area contributed by atoms with Gasteiger partial charge in [0, 0.05) is 12.5 Å². The molecular formula is C9H11ClN2O2S. The van der Waals surface area contributed by atoms with Crippen LogP contribution in [0.3, 0.4) is 0 Å². The van der Waals surface area contributed by atoms with Crippen molar-refractivity contribution in [3.8, 4) is 0 Å². The molecule has 0 fully saturated rings. The molecule has 0 aromatic carbocycles. The molecule has 1 atom stereocenters. The summed E-state index contributed by atoms with van der Waals surface area (Å²) in [5, 5.41) is 2.86. The van der Waals surface area contributed by atoms with Crippen molar-refractivity contribution < 1.29 is 9.21 Å². The summed E-state index contributed by atoms with van der Waals surface area (Å²) in [5.74, 6) is -0.152. The van der Waals surface area contributed by atoms with E-state index >= 15 is 0 Å². The maximum absolute atomic E-state index is 11.5. The van der Waals surface area contributed by atoms with Gasteiger partial charge in [-0.15, -0.1) is 0 Å². The van der Waals surface area contributed by atoms with Crippen LogP contribution >= 0.6 is 23.8 Å². The van der Waals surface area contributed by atoms with E-state index < -0.39 is 0 Å². The van der Waals surface area contributed by atoms with Crippen molar-refractivity contribution in [1.29, 1.82) is 0 Å². The maximum Gasteiger partial charge on any atom is 0.287 e. The number of carbonyl (C=O) groups excluding carboxylic acids is 1. The summed E-state index contributed by atoms with van der Waals surface area (Å²) in [6.07, 6.45) is 0.454. The number of halogens is 1. The minimum absolute atomic E-state index is 0.126. The fourth-order valence-corrected chi connectivity index (χ4v) is 1.48. The van der Waals surface area contributed by atoms with Crippen molar-refractivity contribution >= 4 is 34.7 Å². The lowest BCUT2D eigenvalue weighted by atomic mass is 10.2. The Hall–Kier alpha value is -1.07. The van der Waals surface area contributed by atoms with Crippen LogP contribution in [-0.4, -0.2) is 16.9 Å². The van der Waals surface area contributed by atoms with Crippen LogP contribution in [0.4, 0.5) is 0 Å². The average molecular weight is 247 g/mol. The highest BCUT2D eigenvalue weighted by molar-refractivity contribution is 7.80. The molecule has 0 aliphatic rings. The van der Waals surface area contributed by atoms with Crippen LogP contribution in [-0.2, 0) is 0 Å². The Morgan fingerprint density at radius 3 is 2.87 bits per heavy atom. The Labute approximate surface area is 97.8 Å². The lowest BCUT2D eigenvalue weighted by molar-refractivity contribution is 0.0913. The molecular weight excluding hydrogens is 236 g/mol. The van der Waals surface area contributed by atoms with Gasteiger partial charge in [0.2, 0.25) is 0 Å². The molecule has 0 saturated carbocycles. The SMILES string of the molecule is CC(CC(N)=S)NC(=O)c1ccc(Cl)o1. The number of furan rings is 1. The second-order valence-corrected chi connectivity index (χ2v) is 4.05. The van der Waals surface area contributed by atoms with Gasteiger partial charge in [0.15, 0.2) is 11.0 Å². The van der Waals surface area contributed by atoms with E-state index in [2.05, 4.69) is 5.32 Å². The summed E-state index contributed by atoms with van der Waals surface area (Å²) in [6, 6.07) is 2.89.